The van der Waals surface area contributed by atoms with Gasteiger partial charge < -0.3 is 5.11 Å². The van der Waals surface area contributed by atoms with Crippen molar-refractivity contribution in [2.24, 2.45) is 0 Å². The lowest BCUT2D eigenvalue weighted by molar-refractivity contribution is 0.221. The predicted octanol–water partition coefficient (Wildman–Crippen LogP) is 1.77. The molecule has 0 aromatic heterocycles. The third-order valence-electron chi connectivity index (χ3n) is 0.510. The van der Waals surface area contributed by atoms with Crippen LogP contribution in [0, 0.1) is 0 Å². The fraction of sp³-hybridized carbons (Fsp3) is 1.00. The van der Waals surface area contributed by atoms with Crippen LogP contribution in [-0.4, -0.2) is 22.7 Å². The summed E-state index contributed by atoms with van der Waals surface area (Å²) in [6.07, 6.45) is -0.154. The van der Waals surface area contributed by atoms with Crippen LogP contribution in [0.1, 0.15) is 13.8 Å². The first kappa shape index (κ1) is 8.66. The molecule has 1 N–H and O–H groups in total. The molecule has 0 aromatic rings. The molecule has 0 bridgehead atoms. The SMILES string of the molecule is CCSSCC(C)O. The minimum absolute atomic E-state index is 0.154. The largest absolute Gasteiger partial charge is 0.393 e. The van der Waals surface area contributed by atoms with E-state index in [0.29, 0.717) is 0 Å². The molecule has 50 valence electrons. The quantitative estimate of drug-likeness (QED) is 0.490. The maximum atomic E-state index is 8.74. The molecule has 8 heavy (non-hydrogen) atoms. The molecule has 0 aliphatic rings. The van der Waals surface area contributed by atoms with Gasteiger partial charge in [0.1, 0.15) is 0 Å². The van der Waals surface area contributed by atoms with Crippen LogP contribution in [0.4, 0.5) is 0 Å². The summed E-state index contributed by atoms with van der Waals surface area (Å²) in [7, 11) is 3.52. The van der Waals surface area contributed by atoms with Gasteiger partial charge >= 0.3 is 0 Å². The van der Waals surface area contributed by atoms with Gasteiger partial charge in [-0.05, 0) is 6.92 Å². The van der Waals surface area contributed by atoms with Crippen LogP contribution >= 0.6 is 21.6 Å². The Labute approximate surface area is 58.6 Å². The molecule has 1 atom stereocenters. The van der Waals surface area contributed by atoms with Gasteiger partial charge in [-0.2, -0.15) is 0 Å². The Morgan fingerprint density at radius 1 is 1.50 bits per heavy atom. The van der Waals surface area contributed by atoms with Gasteiger partial charge in [0.25, 0.3) is 0 Å². The smallest absolute Gasteiger partial charge is 0.0610 e. The van der Waals surface area contributed by atoms with Gasteiger partial charge in [0, 0.05) is 11.5 Å². The van der Waals surface area contributed by atoms with E-state index in [1.54, 1.807) is 21.6 Å². The van der Waals surface area contributed by atoms with Gasteiger partial charge in [-0.25, -0.2) is 0 Å². The second-order valence-electron chi connectivity index (χ2n) is 1.54. The van der Waals surface area contributed by atoms with Crippen molar-refractivity contribution >= 4 is 21.6 Å². The number of hydrogen-bond acceptors (Lipinski definition) is 3. The highest BCUT2D eigenvalue weighted by molar-refractivity contribution is 8.76. The van der Waals surface area contributed by atoms with Gasteiger partial charge in [-0.15, -0.1) is 0 Å². The minimum Gasteiger partial charge on any atom is -0.393 e. The highest BCUT2D eigenvalue weighted by atomic mass is 33.1. The summed E-state index contributed by atoms with van der Waals surface area (Å²) in [5.74, 6) is 1.97. The lowest BCUT2D eigenvalue weighted by atomic mass is 10.5. The molecule has 0 saturated carbocycles. The Bertz CT molecular complexity index is 47.7. The highest BCUT2D eigenvalue weighted by Crippen LogP contribution is 2.20. The number of rotatable bonds is 4. The van der Waals surface area contributed by atoms with Crippen molar-refractivity contribution in [3.05, 3.63) is 0 Å². The Balaban J connectivity index is 2.72. The van der Waals surface area contributed by atoms with Gasteiger partial charge in [0.2, 0.25) is 0 Å². The number of aliphatic hydroxyl groups excluding tert-OH is 1. The van der Waals surface area contributed by atoms with Crippen LogP contribution < -0.4 is 0 Å². The zero-order valence-corrected chi connectivity index (χ0v) is 6.89. The molecule has 3 heteroatoms. The number of aliphatic hydroxyl groups is 1. The zero-order valence-electron chi connectivity index (χ0n) is 5.26. The first-order chi connectivity index (χ1) is 3.77. The second-order valence-corrected chi connectivity index (χ2v) is 4.34. The van der Waals surface area contributed by atoms with E-state index < -0.39 is 0 Å². The lowest BCUT2D eigenvalue weighted by Gasteiger charge is -1.99. The molecule has 0 rings (SSSR count). The van der Waals surface area contributed by atoms with Crippen LogP contribution in [0.25, 0.3) is 0 Å². The summed E-state index contributed by atoms with van der Waals surface area (Å²) in [4.78, 5) is 0. The van der Waals surface area contributed by atoms with Crippen molar-refractivity contribution in [2.75, 3.05) is 11.5 Å². The first-order valence-electron chi connectivity index (χ1n) is 2.69. The number of hydrogen-bond donors (Lipinski definition) is 1. The maximum absolute atomic E-state index is 8.74. The van der Waals surface area contributed by atoms with Gasteiger partial charge in [-0.3, -0.25) is 0 Å². The topological polar surface area (TPSA) is 20.2 Å². The van der Waals surface area contributed by atoms with Gasteiger partial charge in [0.15, 0.2) is 0 Å². The van der Waals surface area contributed by atoms with Crippen molar-refractivity contribution in [1.82, 2.24) is 0 Å². The van der Waals surface area contributed by atoms with Crippen LogP contribution in [-0.2, 0) is 0 Å². The molecule has 0 fully saturated rings. The summed E-state index contributed by atoms with van der Waals surface area (Å²) < 4.78 is 0. The Morgan fingerprint density at radius 3 is 2.50 bits per heavy atom. The Hall–Kier alpha value is 0.660. The van der Waals surface area contributed by atoms with Crippen LogP contribution in [0.15, 0.2) is 0 Å². The predicted molar refractivity (Wildman–Crippen MR) is 42.3 cm³/mol. The summed E-state index contributed by atoms with van der Waals surface area (Å²) >= 11 is 0. The van der Waals surface area contributed by atoms with E-state index in [4.69, 9.17) is 5.11 Å². The first-order valence-corrected chi connectivity index (χ1v) is 5.18. The fourth-order valence-electron chi connectivity index (χ4n) is 0.230. The van der Waals surface area contributed by atoms with Crippen molar-refractivity contribution in [1.29, 1.82) is 0 Å². The second kappa shape index (κ2) is 5.79. The average Bonchev–Trinajstić information content (AvgIpc) is 1.66. The van der Waals surface area contributed by atoms with Crippen molar-refractivity contribution in [2.45, 2.75) is 20.0 Å². The average molecular weight is 152 g/mol. The van der Waals surface area contributed by atoms with E-state index in [1.165, 1.54) is 0 Å². The maximum Gasteiger partial charge on any atom is 0.0610 e. The molecule has 1 unspecified atom stereocenters. The Kier molecular flexibility index (Phi) is 6.27. The third kappa shape index (κ3) is 6.66. The summed E-state index contributed by atoms with van der Waals surface area (Å²) in [6, 6.07) is 0. The van der Waals surface area contributed by atoms with E-state index in [9.17, 15) is 0 Å². The third-order valence-corrected chi connectivity index (χ3v) is 3.15. The summed E-state index contributed by atoms with van der Waals surface area (Å²) in [5, 5.41) is 8.74. The van der Waals surface area contributed by atoms with Crippen LogP contribution in [0.2, 0.25) is 0 Å². The standard InChI is InChI=1S/C5H12OS2/c1-3-7-8-4-5(2)6/h5-6H,3-4H2,1-2H3. The molecule has 0 saturated heterocycles. The molecule has 1 nitrogen and oxygen atoms in total. The summed E-state index contributed by atoms with van der Waals surface area (Å²) in [5.41, 5.74) is 0. The van der Waals surface area contributed by atoms with Crippen molar-refractivity contribution in [3.63, 3.8) is 0 Å². The highest BCUT2D eigenvalue weighted by Gasteiger charge is 1.92. The molecule has 0 radical (unpaired) electrons. The molecule has 0 aromatic carbocycles. The molecular formula is C5H12OS2. The molecule has 0 heterocycles. The molecule has 0 aliphatic heterocycles. The lowest BCUT2D eigenvalue weighted by Crippen LogP contribution is -2.00. The van der Waals surface area contributed by atoms with E-state index in [0.717, 1.165) is 11.5 Å². The van der Waals surface area contributed by atoms with E-state index in [2.05, 4.69) is 6.92 Å². The van der Waals surface area contributed by atoms with Crippen molar-refractivity contribution < 1.29 is 5.11 Å². The minimum atomic E-state index is -0.154. The Morgan fingerprint density at radius 2 is 2.12 bits per heavy atom. The molecule has 0 spiro atoms. The fourth-order valence-corrected chi connectivity index (χ4v) is 2.07. The molecule has 0 aliphatic carbocycles. The van der Waals surface area contributed by atoms with E-state index in [1.807, 2.05) is 6.92 Å². The van der Waals surface area contributed by atoms with Gasteiger partial charge in [-0.1, -0.05) is 28.5 Å². The van der Waals surface area contributed by atoms with E-state index in [-0.39, 0.29) is 6.10 Å². The molecule has 0 amide bonds. The van der Waals surface area contributed by atoms with Crippen LogP contribution in [0.5, 0.6) is 0 Å². The zero-order chi connectivity index (χ0) is 6.41. The normalized spacial score (nSPS) is 13.9. The van der Waals surface area contributed by atoms with E-state index >= 15 is 0 Å². The van der Waals surface area contributed by atoms with Gasteiger partial charge in [0.05, 0.1) is 6.10 Å². The summed E-state index contributed by atoms with van der Waals surface area (Å²) in [6.45, 7) is 3.92. The monoisotopic (exact) mass is 152 g/mol. The van der Waals surface area contributed by atoms with Crippen LogP contribution in [0.3, 0.4) is 0 Å². The van der Waals surface area contributed by atoms with Crippen molar-refractivity contribution in [3.8, 4) is 0 Å². The molecular weight excluding hydrogens is 140 g/mol.